The van der Waals surface area contributed by atoms with Gasteiger partial charge < -0.3 is 33.5 Å². The van der Waals surface area contributed by atoms with Crippen molar-refractivity contribution in [3.63, 3.8) is 0 Å². The van der Waals surface area contributed by atoms with Crippen molar-refractivity contribution in [3.8, 4) is 5.75 Å². The largest absolute Gasteiger partial charge is 0.463 e. The van der Waals surface area contributed by atoms with Crippen molar-refractivity contribution in [2.75, 3.05) is 6.61 Å². The molecular formula is C21H25ClO11. The first kappa shape index (κ1) is 26.4. The highest BCUT2D eigenvalue weighted by Gasteiger charge is 2.53. The standard InChI is InChI=1S/C21H25ClO11/c1-10(24)28-9-17-18(29-11(2)25)19(30-12(3)26)20(31-13(4)27)21(33-17)32-16-6-5-14(8-23)7-15(16)22/h5-7,17-21,23H,8-9H2,1-4H3/t17-,18+,19+,20-,21+/m1/s1. The van der Waals surface area contributed by atoms with Gasteiger partial charge in [0, 0.05) is 27.7 Å². The van der Waals surface area contributed by atoms with Gasteiger partial charge in [0.2, 0.25) is 12.4 Å². The number of aliphatic hydroxyl groups is 1. The SMILES string of the molecule is CC(=O)OC[C@H]1O[C@H](Oc2ccc(CO)cc2Cl)[C@H](OC(C)=O)[C@@H](OC(C)=O)[C@H]1OC(C)=O. The molecule has 1 fully saturated rings. The minimum Gasteiger partial charge on any atom is -0.463 e. The summed E-state index contributed by atoms with van der Waals surface area (Å²) in [4.78, 5) is 46.7. The molecule has 0 aliphatic carbocycles. The summed E-state index contributed by atoms with van der Waals surface area (Å²) in [5.74, 6) is -2.78. The Hall–Kier alpha value is -2.89. The van der Waals surface area contributed by atoms with E-state index in [2.05, 4.69) is 0 Å². The first-order valence-electron chi connectivity index (χ1n) is 9.88. The lowest BCUT2D eigenvalue weighted by atomic mass is 9.98. The third kappa shape index (κ3) is 7.58. The number of benzene rings is 1. The Morgan fingerprint density at radius 1 is 0.909 bits per heavy atom. The van der Waals surface area contributed by atoms with E-state index in [1.165, 1.54) is 19.1 Å². The van der Waals surface area contributed by atoms with Crippen molar-refractivity contribution >= 4 is 35.5 Å². The van der Waals surface area contributed by atoms with Gasteiger partial charge in [-0.05, 0) is 17.7 Å². The van der Waals surface area contributed by atoms with Crippen LogP contribution in [0, 0.1) is 0 Å². The third-order valence-electron chi connectivity index (χ3n) is 4.37. The summed E-state index contributed by atoms with van der Waals surface area (Å²) in [7, 11) is 0. The van der Waals surface area contributed by atoms with E-state index >= 15 is 0 Å². The third-order valence-corrected chi connectivity index (χ3v) is 4.67. The Balaban J connectivity index is 2.47. The fourth-order valence-corrected chi connectivity index (χ4v) is 3.39. The van der Waals surface area contributed by atoms with Crippen molar-refractivity contribution in [2.45, 2.75) is 65.0 Å². The first-order valence-corrected chi connectivity index (χ1v) is 10.3. The quantitative estimate of drug-likeness (QED) is 0.417. The second kappa shape index (κ2) is 11.8. The van der Waals surface area contributed by atoms with Crippen molar-refractivity contribution < 1.29 is 52.7 Å². The molecule has 0 spiro atoms. The first-order chi connectivity index (χ1) is 15.5. The number of halogens is 1. The molecule has 0 amide bonds. The minimum absolute atomic E-state index is 0.106. The van der Waals surface area contributed by atoms with Gasteiger partial charge in [-0.2, -0.15) is 0 Å². The molecular weight excluding hydrogens is 464 g/mol. The molecule has 2 rings (SSSR count). The molecule has 12 heteroatoms. The number of esters is 4. The fourth-order valence-electron chi connectivity index (χ4n) is 3.15. The summed E-state index contributed by atoms with van der Waals surface area (Å²) in [6.45, 7) is 3.90. The average Bonchev–Trinajstić information content (AvgIpc) is 2.71. The Bertz CT molecular complexity index is 887. The molecule has 0 radical (unpaired) electrons. The van der Waals surface area contributed by atoms with Crippen LogP contribution in [0.5, 0.6) is 5.75 Å². The van der Waals surface area contributed by atoms with Crippen LogP contribution in [0.25, 0.3) is 0 Å². The van der Waals surface area contributed by atoms with Crippen LogP contribution in [0.2, 0.25) is 5.02 Å². The summed E-state index contributed by atoms with van der Waals surface area (Å²) in [5.41, 5.74) is 0.522. The van der Waals surface area contributed by atoms with Crippen LogP contribution in [0.4, 0.5) is 0 Å². The minimum atomic E-state index is -1.40. The summed E-state index contributed by atoms with van der Waals surface area (Å²) in [5, 5.41) is 9.38. The topological polar surface area (TPSA) is 144 Å². The van der Waals surface area contributed by atoms with Gasteiger partial charge in [-0.1, -0.05) is 17.7 Å². The molecule has 5 atom stereocenters. The molecule has 1 aliphatic rings. The van der Waals surface area contributed by atoms with Crippen molar-refractivity contribution in [2.24, 2.45) is 0 Å². The van der Waals surface area contributed by atoms with Crippen LogP contribution in [0.3, 0.4) is 0 Å². The van der Waals surface area contributed by atoms with Crippen LogP contribution < -0.4 is 4.74 Å². The summed E-state index contributed by atoms with van der Waals surface area (Å²) < 4.78 is 32.6. The van der Waals surface area contributed by atoms with E-state index in [0.717, 1.165) is 20.8 Å². The zero-order chi connectivity index (χ0) is 24.7. The second-order valence-corrected chi connectivity index (χ2v) is 7.52. The van der Waals surface area contributed by atoms with E-state index in [9.17, 15) is 24.3 Å². The lowest BCUT2D eigenvalue weighted by Crippen LogP contribution is -2.63. The number of ether oxygens (including phenoxy) is 6. The van der Waals surface area contributed by atoms with Gasteiger partial charge in [0.15, 0.2) is 12.2 Å². The Morgan fingerprint density at radius 2 is 1.48 bits per heavy atom. The van der Waals surface area contributed by atoms with Crippen LogP contribution >= 0.6 is 11.6 Å². The molecule has 0 bridgehead atoms. The lowest BCUT2D eigenvalue weighted by Gasteiger charge is -2.44. The van der Waals surface area contributed by atoms with Crippen LogP contribution in [-0.2, 0) is 49.5 Å². The smallest absolute Gasteiger partial charge is 0.303 e. The van der Waals surface area contributed by atoms with Gasteiger partial charge in [-0.25, -0.2) is 0 Å². The molecule has 182 valence electrons. The molecule has 1 aromatic rings. The Morgan fingerprint density at radius 3 is 2.00 bits per heavy atom. The van der Waals surface area contributed by atoms with Gasteiger partial charge in [0.1, 0.15) is 18.5 Å². The van der Waals surface area contributed by atoms with E-state index in [4.69, 9.17) is 40.0 Å². The highest BCUT2D eigenvalue weighted by Crippen LogP contribution is 2.33. The predicted molar refractivity (Wildman–Crippen MR) is 110 cm³/mol. The molecule has 1 aromatic carbocycles. The molecule has 0 unspecified atom stereocenters. The number of carbonyl (C=O) groups is 4. The van der Waals surface area contributed by atoms with Crippen LogP contribution in [0.1, 0.15) is 33.3 Å². The molecule has 1 N–H and O–H groups in total. The maximum absolute atomic E-state index is 11.8. The van der Waals surface area contributed by atoms with Gasteiger partial charge >= 0.3 is 23.9 Å². The predicted octanol–water partition coefficient (Wildman–Crippen LogP) is 1.29. The Labute approximate surface area is 194 Å². The van der Waals surface area contributed by atoms with E-state index < -0.39 is 54.6 Å². The number of aliphatic hydroxyl groups excluding tert-OH is 1. The molecule has 1 heterocycles. The average molecular weight is 489 g/mol. The van der Waals surface area contributed by atoms with Gasteiger partial charge in [0.05, 0.1) is 11.6 Å². The monoisotopic (exact) mass is 488 g/mol. The molecule has 1 aliphatic heterocycles. The van der Waals surface area contributed by atoms with Gasteiger partial charge in [-0.3, -0.25) is 19.2 Å². The van der Waals surface area contributed by atoms with E-state index in [1.54, 1.807) is 6.07 Å². The van der Waals surface area contributed by atoms with E-state index in [0.29, 0.717) is 5.56 Å². The maximum Gasteiger partial charge on any atom is 0.303 e. The normalized spacial score (nSPS) is 24.4. The Kier molecular flexibility index (Phi) is 9.44. The summed E-state index contributed by atoms with van der Waals surface area (Å²) >= 11 is 6.21. The maximum atomic E-state index is 11.8. The zero-order valence-electron chi connectivity index (χ0n) is 18.4. The molecule has 1 saturated heterocycles. The van der Waals surface area contributed by atoms with Crippen LogP contribution in [-0.4, -0.2) is 66.3 Å². The van der Waals surface area contributed by atoms with Crippen LogP contribution in [0.15, 0.2) is 18.2 Å². The van der Waals surface area contributed by atoms with Crippen molar-refractivity contribution in [1.82, 2.24) is 0 Å². The number of hydrogen-bond acceptors (Lipinski definition) is 11. The van der Waals surface area contributed by atoms with Crippen molar-refractivity contribution in [1.29, 1.82) is 0 Å². The lowest BCUT2D eigenvalue weighted by molar-refractivity contribution is -0.288. The molecule has 0 saturated carbocycles. The fraction of sp³-hybridized carbons (Fsp3) is 0.524. The molecule has 33 heavy (non-hydrogen) atoms. The zero-order valence-corrected chi connectivity index (χ0v) is 19.2. The molecule has 11 nitrogen and oxygen atoms in total. The van der Waals surface area contributed by atoms with Crippen molar-refractivity contribution in [3.05, 3.63) is 28.8 Å². The van der Waals surface area contributed by atoms with E-state index in [-0.39, 0.29) is 24.0 Å². The highest BCUT2D eigenvalue weighted by molar-refractivity contribution is 6.32. The second-order valence-electron chi connectivity index (χ2n) is 7.11. The highest BCUT2D eigenvalue weighted by atomic mass is 35.5. The number of rotatable bonds is 8. The summed E-state index contributed by atoms with van der Waals surface area (Å²) in [6, 6.07) is 4.47. The summed E-state index contributed by atoms with van der Waals surface area (Å²) in [6.07, 6.45) is -6.57. The van der Waals surface area contributed by atoms with E-state index in [1.807, 2.05) is 0 Å². The number of hydrogen-bond donors (Lipinski definition) is 1. The van der Waals surface area contributed by atoms with Gasteiger partial charge in [-0.15, -0.1) is 0 Å². The van der Waals surface area contributed by atoms with Gasteiger partial charge in [0.25, 0.3) is 0 Å². The molecule has 0 aromatic heterocycles. The number of carbonyl (C=O) groups excluding carboxylic acids is 4.